The quantitative estimate of drug-likeness (QED) is 0.708. The van der Waals surface area contributed by atoms with Gasteiger partial charge in [-0.15, -0.1) is 11.8 Å². The summed E-state index contributed by atoms with van der Waals surface area (Å²) in [5.74, 6) is 0.320. The summed E-state index contributed by atoms with van der Waals surface area (Å²) in [6.07, 6.45) is 5.01. The van der Waals surface area contributed by atoms with Crippen LogP contribution in [-0.4, -0.2) is 28.5 Å². The zero-order chi connectivity index (χ0) is 11.2. The molecule has 0 bridgehead atoms. The monoisotopic (exact) mass is 217 g/mol. The maximum absolute atomic E-state index is 11.5. The lowest BCUT2D eigenvalue weighted by Crippen LogP contribution is -2.50. The number of hydrogen-bond acceptors (Lipinski definition) is 2. The molecule has 1 fully saturated rings. The van der Waals surface area contributed by atoms with Crippen molar-refractivity contribution < 1.29 is 4.79 Å². The number of piperidine rings is 1. The van der Waals surface area contributed by atoms with Crippen LogP contribution < -0.4 is 0 Å². The van der Waals surface area contributed by atoms with Crippen LogP contribution in [0.2, 0.25) is 0 Å². The van der Waals surface area contributed by atoms with Crippen molar-refractivity contribution in [3.05, 3.63) is 0 Å². The maximum Gasteiger partial charge on any atom is 0.223 e. The standard InChI is InChI=1S/C9H17NOS.C2H6/c1-4-10-8(11)6-5-7-9(10,2)12-3;1-2/h4-7H2,1-3H3;1-2H3. The number of amides is 1. The molecule has 1 heterocycles. The number of rotatable bonds is 2. The van der Waals surface area contributed by atoms with Crippen LogP contribution in [0.5, 0.6) is 0 Å². The van der Waals surface area contributed by atoms with Crippen LogP contribution >= 0.6 is 11.8 Å². The summed E-state index contributed by atoms with van der Waals surface area (Å²) in [5.41, 5.74) is 0. The van der Waals surface area contributed by atoms with E-state index in [2.05, 4.69) is 20.1 Å². The Hall–Kier alpha value is -0.180. The van der Waals surface area contributed by atoms with Gasteiger partial charge in [0.1, 0.15) is 0 Å². The van der Waals surface area contributed by atoms with E-state index in [0.717, 1.165) is 25.8 Å². The molecule has 0 aromatic carbocycles. The van der Waals surface area contributed by atoms with Crippen LogP contribution in [0, 0.1) is 0 Å². The normalized spacial score (nSPS) is 26.9. The summed E-state index contributed by atoms with van der Waals surface area (Å²) >= 11 is 1.79. The van der Waals surface area contributed by atoms with E-state index in [1.807, 2.05) is 18.7 Å². The van der Waals surface area contributed by atoms with Gasteiger partial charge in [0.25, 0.3) is 0 Å². The third-order valence-electron chi connectivity index (χ3n) is 2.66. The third-order valence-corrected chi connectivity index (χ3v) is 3.96. The van der Waals surface area contributed by atoms with Gasteiger partial charge in [0.2, 0.25) is 5.91 Å². The first-order chi connectivity index (χ1) is 6.64. The predicted octanol–water partition coefficient (Wildman–Crippen LogP) is 3.12. The zero-order valence-electron chi connectivity index (χ0n) is 10.1. The van der Waals surface area contributed by atoms with Crippen molar-refractivity contribution in [3.63, 3.8) is 0 Å². The Labute approximate surface area is 92.4 Å². The molecule has 84 valence electrons. The van der Waals surface area contributed by atoms with Crippen molar-refractivity contribution in [1.29, 1.82) is 0 Å². The van der Waals surface area contributed by atoms with Gasteiger partial charge in [0.05, 0.1) is 4.87 Å². The molecule has 1 saturated heterocycles. The Balaban J connectivity index is 0.000000791. The van der Waals surface area contributed by atoms with Gasteiger partial charge in [-0.05, 0) is 32.9 Å². The van der Waals surface area contributed by atoms with Gasteiger partial charge < -0.3 is 4.90 Å². The lowest BCUT2D eigenvalue weighted by Gasteiger charge is -2.43. The Morgan fingerprint density at radius 2 is 2.07 bits per heavy atom. The summed E-state index contributed by atoms with van der Waals surface area (Å²) in [6.45, 7) is 9.06. The van der Waals surface area contributed by atoms with Crippen molar-refractivity contribution in [2.45, 2.75) is 51.8 Å². The van der Waals surface area contributed by atoms with E-state index in [-0.39, 0.29) is 4.87 Å². The Kier molecular flexibility index (Phi) is 6.25. The molecule has 1 amide bonds. The van der Waals surface area contributed by atoms with Crippen LogP contribution in [0.1, 0.15) is 47.0 Å². The molecule has 1 aliphatic heterocycles. The zero-order valence-corrected chi connectivity index (χ0v) is 10.9. The van der Waals surface area contributed by atoms with Crippen LogP contribution in [0.25, 0.3) is 0 Å². The van der Waals surface area contributed by atoms with Crippen molar-refractivity contribution >= 4 is 17.7 Å². The first-order valence-corrected chi connectivity index (χ1v) is 6.72. The molecule has 1 unspecified atom stereocenters. The first-order valence-electron chi connectivity index (χ1n) is 5.49. The molecule has 0 aliphatic carbocycles. The van der Waals surface area contributed by atoms with Crippen molar-refractivity contribution in [1.82, 2.24) is 4.90 Å². The Morgan fingerprint density at radius 3 is 2.43 bits per heavy atom. The summed E-state index contributed by atoms with van der Waals surface area (Å²) < 4.78 is 0. The highest BCUT2D eigenvalue weighted by Gasteiger charge is 2.36. The summed E-state index contributed by atoms with van der Waals surface area (Å²) in [7, 11) is 0. The lowest BCUT2D eigenvalue weighted by molar-refractivity contribution is -0.136. The van der Waals surface area contributed by atoms with Gasteiger partial charge in [-0.1, -0.05) is 13.8 Å². The highest BCUT2D eigenvalue weighted by molar-refractivity contribution is 7.99. The summed E-state index contributed by atoms with van der Waals surface area (Å²) in [5, 5.41) is 0. The van der Waals surface area contributed by atoms with Crippen LogP contribution in [0.4, 0.5) is 0 Å². The number of nitrogens with zero attached hydrogens (tertiary/aromatic N) is 1. The van der Waals surface area contributed by atoms with Crippen LogP contribution in [0.15, 0.2) is 0 Å². The van der Waals surface area contributed by atoms with E-state index < -0.39 is 0 Å². The first kappa shape index (κ1) is 13.8. The van der Waals surface area contributed by atoms with Crippen molar-refractivity contribution in [2.75, 3.05) is 12.8 Å². The minimum absolute atomic E-state index is 0.0596. The highest BCUT2D eigenvalue weighted by atomic mass is 32.2. The largest absolute Gasteiger partial charge is 0.329 e. The molecule has 0 saturated carbocycles. The van der Waals surface area contributed by atoms with Crippen molar-refractivity contribution in [2.24, 2.45) is 0 Å². The molecule has 1 atom stereocenters. The fourth-order valence-corrected chi connectivity index (χ4v) is 2.62. The second kappa shape index (κ2) is 6.33. The van der Waals surface area contributed by atoms with Gasteiger partial charge in [0, 0.05) is 13.0 Å². The van der Waals surface area contributed by atoms with Gasteiger partial charge in [-0.3, -0.25) is 4.79 Å². The number of likely N-dealkylation sites (tertiary alicyclic amines) is 1. The number of carbonyl (C=O) groups excluding carboxylic acids is 1. The molecule has 1 rings (SSSR count). The molecule has 0 N–H and O–H groups in total. The fraction of sp³-hybridized carbons (Fsp3) is 0.909. The van der Waals surface area contributed by atoms with Gasteiger partial charge in [0.15, 0.2) is 0 Å². The third kappa shape index (κ3) is 2.91. The minimum Gasteiger partial charge on any atom is -0.329 e. The van der Waals surface area contributed by atoms with E-state index in [9.17, 15) is 4.79 Å². The molecule has 0 radical (unpaired) electrons. The SMILES string of the molecule is CC.CCN1C(=O)CCCC1(C)SC. The molecule has 14 heavy (non-hydrogen) atoms. The minimum atomic E-state index is 0.0596. The van der Waals surface area contributed by atoms with E-state index in [4.69, 9.17) is 0 Å². The van der Waals surface area contributed by atoms with Gasteiger partial charge in [-0.25, -0.2) is 0 Å². The summed E-state index contributed by atoms with van der Waals surface area (Å²) in [6, 6.07) is 0. The average Bonchev–Trinajstić information content (AvgIpc) is 2.21. The number of hydrogen-bond donors (Lipinski definition) is 0. The highest BCUT2D eigenvalue weighted by Crippen LogP contribution is 2.36. The van der Waals surface area contributed by atoms with Crippen LogP contribution in [0.3, 0.4) is 0 Å². The second-order valence-electron chi connectivity index (χ2n) is 3.37. The lowest BCUT2D eigenvalue weighted by atomic mass is 10.0. The molecule has 0 aromatic rings. The molecular formula is C11H23NOS. The fourth-order valence-electron chi connectivity index (χ4n) is 1.82. The topological polar surface area (TPSA) is 20.3 Å². The maximum atomic E-state index is 11.5. The molecule has 0 aromatic heterocycles. The number of carbonyl (C=O) groups is 1. The van der Waals surface area contributed by atoms with E-state index in [1.54, 1.807) is 11.8 Å². The second-order valence-corrected chi connectivity index (χ2v) is 4.66. The summed E-state index contributed by atoms with van der Waals surface area (Å²) in [4.78, 5) is 13.6. The molecular weight excluding hydrogens is 194 g/mol. The number of thioether (sulfide) groups is 1. The Morgan fingerprint density at radius 1 is 1.50 bits per heavy atom. The van der Waals surface area contributed by atoms with E-state index in [0.29, 0.717) is 5.91 Å². The average molecular weight is 217 g/mol. The van der Waals surface area contributed by atoms with E-state index in [1.165, 1.54) is 0 Å². The molecule has 0 spiro atoms. The van der Waals surface area contributed by atoms with Crippen molar-refractivity contribution in [3.8, 4) is 0 Å². The molecule has 3 heteroatoms. The molecule has 2 nitrogen and oxygen atoms in total. The van der Waals surface area contributed by atoms with Gasteiger partial charge in [-0.2, -0.15) is 0 Å². The predicted molar refractivity (Wildman–Crippen MR) is 64.5 cm³/mol. The van der Waals surface area contributed by atoms with E-state index >= 15 is 0 Å². The smallest absolute Gasteiger partial charge is 0.223 e. The van der Waals surface area contributed by atoms with Gasteiger partial charge >= 0.3 is 0 Å². The Bertz CT molecular complexity index is 184. The van der Waals surface area contributed by atoms with Crippen LogP contribution in [-0.2, 0) is 4.79 Å². The molecule has 1 aliphatic rings.